The molecular formula is C25H30N2O4S. The minimum Gasteiger partial charge on any atom is -0.350 e. The number of hydrogen-bond donors (Lipinski definition) is 1. The number of amides is 2. The molecule has 0 aliphatic carbocycles. The minimum atomic E-state index is -3.97. The molecule has 0 saturated carbocycles. The predicted molar refractivity (Wildman–Crippen MR) is 126 cm³/mol. The Balaban J connectivity index is 1.82. The molecule has 1 heterocycles. The van der Waals surface area contributed by atoms with E-state index in [1.165, 1.54) is 0 Å². The lowest BCUT2D eigenvalue weighted by molar-refractivity contribution is -0.122. The molecule has 0 radical (unpaired) electrons. The van der Waals surface area contributed by atoms with Gasteiger partial charge in [0, 0.05) is 17.2 Å². The van der Waals surface area contributed by atoms with Gasteiger partial charge in [0.15, 0.2) is 0 Å². The van der Waals surface area contributed by atoms with Gasteiger partial charge in [0.25, 0.3) is 21.8 Å². The minimum absolute atomic E-state index is 0.0577. The molecule has 0 saturated heterocycles. The number of rotatable bonds is 7. The van der Waals surface area contributed by atoms with Crippen molar-refractivity contribution in [1.29, 1.82) is 0 Å². The van der Waals surface area contributed by atoms with Crippen LogP contribution in [0.5, 0.6) is 0 Å². The third kappa shape index (κ3) is 4.63. The smallest absolute Gasteiger partial charge is 0.268 e. The molecule has 0 spiro atoms. The van der Waals surface area contributed by atoms with E-state index in [0.717, 1.165) is 16.3 Å². The van der Waals surface area contributed by atoms with E-state index in [1.807, 2.05) is 26.0 Å². The number of nitrogens with zero attached hydrogens (tertiary/aromatic N) is 1. The first-order chi connectivity index (χ1) is 15.1. The Bertz CT molecular complexity index is 1150. The van der Waals surface area contributed by atoms with Crippen molar-refractivity contribution in [3.8, 4) is 0 Å². The lowest BCUT2D eigenvalue weighted by Crippen LogP contribution is -2.32. The largest absolute Gasteiger partial charge is 0.350 e. The first-order valence-corrected chi connectivity index (χ1v) is 12.3. The van der Waals surface area contributed by atoms with Crippen LogP contribution in [-0.4, -0.2) is 30.6 Å². The fourth-order valence-electron chi connectivity index (χ4n) is 3.58. The number of hydrogen-bond acceptors (Lipinski definition) is 4. The average molecular weight is 455 g/mol. The Labute approximate surface area is 190 Å². The summed E-state index contributed by atoms with van der Waals surface area (Å²) in [6.45, 7) is 9.52. The van der Waals surface area contributed by atoms with Crippen molar-refractivity contribution in [2.45, 2.75) is 59.5 Å². The Hall–Kier alpha value is -2.93. The van der Waals surface area contributed by atoms with Gasteiger partial charge in [0.1, 0.15) is 4.91 Å². The summed E-state index contributed by atoms with van der Waals surface area (Å²) in [7, 11) is -3.97. The molecule has 3 rings (SSSR count). The average Bonchev–Trinajstić information content (AvgIpc) is 2.93. The summed E-state index contributed by atoms with van der Waals surface area (Å²) in [4.78, 5) is 25.2. The van der Waals surface area contributed by atoms with Gasteiger partial charge >= 0.3 is 0 Å². The molecule has 170 valence electrons. The highest BCUT2D eigenvalue weighted by molar-refractivity contribution is 7.99. The molecule has 2 aromatic carbocycles. The lowest BCUT2D eigenvalue weighted by atomic mass is 10.0. The van der Waals surface area contributed by atoms with Crippen LogP contribution in [0.25, 0.3) is 4.91 Å². The molecule has 2 aromatic rings. The maximum atomic E-state index is 13.3. The summed E-state index contributed by atoms with van der Waals surface area (Å²) in [5, 5.41) is 2.89. The second-order valence-electron chi connectivity index (χ2n) is 8.53. The summed E-state index contributed by atoms with van der Waals surface area (Å²) in [6, 6.07) is 14.0. The van der Waals surface area contributed by atoms with Gasteiger partial charge in [-0.25, -0.2) is 12.7 Å². The van der Waals surface area contributed by atoms with Crippen molar-refractivity contribution in [2.24, 2.45) is 0 Å². The molecule has 7 heteroatoms. The number of carbonyl (C=O) groups is 2. The standard InChI is InChI=1S/C25H30N2O4S/c1-6-17(4)26-24(28)22-9-7-19(8-10-22)15-27-25(29)18(5)23(32(27,30)31)21-13-11-20(12-14-21)16(2)3/h7-14,16-17H,6,15H2,1-5H3,(H,26,28)/t17-/m0/s1. The van der Waals surface area contributed by atoms with Crippen LogP contribution in [0.15, 0.2) is 54.1 Å². The third-order valence-electron chi connectivity index (χ3n) is 5.81. The van der Waals surface area contributed by atoms with Crippen LogP contribution in [0.2, 0.25) is 0 Å². The van der Waals surface area contributed by atoms with Gasteiger partial charge in [-0.3, -0.25) is 9.59 Å². The molecule has 0 bridgehead atoms. The van der Waals surface area contributed by atoms with Crippen molar-refractivity contribution in [2.75, 3.05) is 0 Å². The quantitative estimate of drug-likeness (QED) is 0.670. The third-order valence-corrected chi connectivity index (χ3v) is 7.74. The van der Waals surface area contributed by atoms with Crippen molar-refractivity contribution in [3.05, 3.63) is 76.4 Å². The molecule has 0 fully saturated rings. The van der Waals surface area contributed by atoms with Gasteiger partial charge < -0.3 is 5.32 Å². The van der Waals surface area contributed by atoms with Gasteiger partial charge in [0.2, 0.25) is 0 Å². The first-order valence-electron chi connectivity index (χ1n) is 10.8. The van der Waals surface area contributed by atoms with Crippen molar-refractivity contribution in [1.82, 2.24) is 9.62 Å². The van der Waals surface area contributed by atoms with E-state index in [1.54, 1.807) is 43.3 Å². The molecule has 2 amide bonds. The zero-order chi connectivity index (χ0) is 23.6. The summed E-state index contributed by atoms with van der Waals surface area (Å²) in [6.07, 6.45) is 0.827. The summed E-state index contributed by atoms with van der Waals surface area (Å²) in [5.74, 6) is -0.375. The highest BCUT2D eigenvalue weighted by atomic mass is 32.2. The van der Waals surface area contributed by atoms with Gasteiger partial charge in [-0.1, -0.05) is 57.2 Å². The molecule has 0 unspecified atom stereocenters. The van der Waals surface area contributed by atoms with Gasteiger partial charge in [-0.15, -0.1) is 0 Å². The van der Waals surface area contributed by atoms with Crippen LogP contribution in [0.1, 0.15) is 74.0 Å². The number of sulfonamides is 1. The second kappa shape index (κ2) is 9.28. The monoisotopic (exact) mass is 454 g/mol. The zero-order valence-corrected chi connectivity index (χ0v) is 20.0. The van der Waals surface area contributed by atoms with Crippen molar-refractivity contribution >= 4 is 26.7 Å². The topological polar surface area (TPSA) is 83.6 Å². The SMILES string of the molecule is CC[C@H](C)NC(=O)c1ccc(CN2C(=O)C(C)=C(c3ccc(C(C)C)cc3)S2(=O)=O)cc1. The highest BCUT2D eigenvalue weighted by Crippen LogP contribution is 2.36. The van der Waals surface area contributed by atoms with E-state index in [9.17, 15) is 18.0 Å². The molecule has 1 aliphatic rings. The molecule has 1 atom stereocenters. The zero-order valence-electron chi connectivity index (χ0n) is 19.2. The van der Waals surface area contributed by atoms with E-state index in [-0.39, 0.29) is 29.0 Å². The number of benzene rings is 2. The highest BCUT2D eigenvalue weighted by Gasteiger charge is 2.42. The number of nitrogens with one attached hydrogen (secondary N) is 1. The Morgan fingerprint density at radius 1 is 1.00 bits per heavy atom. The van der Waals surface area contributed by atoms with Crippen LogP contribution in [-0.2, 0) is 21.4 Å². The Morgan fingerprint density at radius 2 is 1.59 bits per heavy atom. The first kappa shape index (κ1) is 23.7. The predicted octanol–water partition coefficient (Wildman–Crippen LogP) is 4.44. The maximum absolute atomic E-state index is 13.3. The molecule has 1 aliphatic heterocycles. The van der Waals surface area contributed by atoms with Crippen LogP contribution in [0.4, 0.5) is 0 Å². The van der Waals surface area contributed by atoms with E-state index in [4.69, 9.17) is 0 Å². The van der Waals surface area contributed by atoms with Gasteiger partial charge in [-0.2, -0.15) is 0 Å². The van der Waals surface area contributed by atoms with Crippen LogP contribution < -0.4 is 5.32 Å². The second-order valence-corrected chi connectivity index (χ2v) is 10.3. The van der Waals surface area contributed by atoms with E-state index >= 15 is 0 Å². The fraction of sp³-hybridized carbons (Fsp3) is 0.360. The summed E-state index contributed by atoms with van der Waals surface area (Å²) >= 11 is 0. The van der Waals surface area contributed by atoms with Crippen LogP contribution in [0, 0.1) is 0 Å². The normalized spacial score (nSPS) is 16.6. The Morgan fingerprint density at radius 3 is 2.12 bits per heavy atom. The summed E-state index contributed by atoms with van der Waals surface area (Å²) in [5.41, 5.74) is 2.95. The van der Waals surface area contributed by atoms with Crippen molar-refractivity contribution < 1.29 is 18.0 Å². The number of carbonyl (C=O) groups excluding carboxylic acids is 2. The molecule has 1 N–H and O–H groups in total. The molecule has 6 nitrogen and oxygen atoms in total. The summed E-state index contributed by atoms with van der Waals surface area (Å²) < 4.78 is 27.4. The molecular weight excluding hydrogens is 424 g/mol. The van der Waals surface area contributed by atoms with Crippen LogP contribution >= 0.6 is 0 Å². The van der Waals surface area contributed by atoms with E-state index in [2.05, 4.69) is 19.2 Å². The fourth-order valence-corrected chi connectivity index (χ4v) is 5.38. The van der Waals surface area contributed by atoms with E-state index < -0.39 is 15.9 Å². The Kier molecular flexibility index (Phi) is 6.88. The van der Waals surface area contributed by atoms with E-state index in [0.29, 0.717) is 22.6 Å². The van der Waals surface area contributed by atoms with Crippen LogP contribution in [0.3, 0.4) is 0 Å². The van der Waals surface area contributed by atoms with Gasteiger partial charge in [0.05, 0.1) is 6.54 Å². The lowest BCUT2D eigenvalue weighted by Gasteiger charge is -2.17. The molecule has 32 heavy (non-hydrogen) atoms. The molecule has 0 aromatic heterocycles. The maximum Gasteiger partial charge on any atom is 0.268 e. The van der Waals surface area contributed by atoms with Gasteiger partial charge in [-0.05, 0) is 55.0 Å². The van der Waals surface area contributed by atoms with Crippen molar-refractivity contribution in [3.63, 3.8) is 0 Å².